The number of piperidine rings is 1. The topological polar surface area (TPSA) is 61.4 Å². The number of hydrogen-bond acceptors (Lipinski definition) is 3. The van der Waals surface area contributed by atoms with E-state index in [0.29, 0.717) is 5.92 Å². The lowest BCUT2D eigenvalue weighted by Crippen LogP contribution is -2.52. The first-order chi connectivity index (χ1) is 7.34. The lowest BCUT2D eigenvalue weighted by molar-refractivity contribution is 0.315. The molecule has 0 radical (unpaired) electrons. The van der Waals surface area contributed by atoms with Crippen molar-refractivity contribution < 1.29 is 8.42 Å². The van der Waals surface area contributed by atoms with Crippen molar-refractivity contribution in [2.75, 3.05) is 20.1 Å². The third kappa shape index (κ3) is 4.71. The zero-order chi connectivity index (χ0) is 12.3. The molecule has 0 aromatic heterocycles. The van der Waals surface area contributed by atoms with Crippen LogP contribution in [-0.2, 0) is 10.2 Å². The van der Waals surface area contributed by atoms with Crippen LogP contribution in [0.5, 0.6) is 0 Å². The Morgan fingerprint density at radius 1 is 1.41 bits per heavy atom. The van der Waals surface area contributed by atoms with Gasteiger partial charge in [-0.15, -0.1) is 12.4 Å². The van der Waals surface area contributed by atoms with Crippen molar-refractivity contribution in [1.29, 1.82) is 0 Å². The molecule has 1 fully saturated rings. The molecule has 7 heteroatoms. The molecular weight excluding hydrogens is 262 g/mol. The average molecular weight is 286 g/mol. The Kier molecular flexibility index (Phi) is 6.94. The third-order valence-electron chi connectivity index (χ3n) is 3.19. The highest BCUT2D eigenvalue weighted by Crippen LogP contribution is 2.13. The second-order valence-corrected chi connectivity index (χ2v) is 6.57. The second-order valence-electron chi connectivity index (χ2n) is 4.81. The third-order valence-corrected chi connectivity index (χ3v) is 4.97. The van der Waals surface area contributed by atoms with Crippen molar-refractivity contribution >= 4 is 22.6 Å². The van der Waals surface area contributed by atoms with Gasteiger partial charge >= 0.3 is 0 Å². The summed E-state index contributed by atoms with van der Waals surface area (Å²) in [5.74, 6) is 0.337. The van der Waals surface area contributed by atoms with Crippen molar-refractivity contribution in [3.63, 3.8) is 0 Å². The molecule has 2 unspecified atom stereocenters. The van der Waals surface area contributed by atoms with Crippen LogP contribution in [-0.4, -0.2) is 44.9 Å². The van der Waals surface area contributed by atoms with Gasteiger partial charge in [0.25, 0.3) is 10.2 Å². The van der Waals surface area contributed by atoms with Crippen molar-refractivity contribution in [3.8, 4) is 0 Å². The monoisotopic (exact) mass is 285 g/mol. The molecule has 0 saturated carbocycles. The fourth-order valence-electron chi connectivity index (χ4n) is 1.74. The van der Waals surface area contributed by atoms with Crippen LogP contribution in [0.3, 0.4) is 0 Å². The number of halogens is 1. The van der Waals surface area contributed by atoms with Crippen molar-refractivity contribution in [1.82, 2.24) is 14.3 Å². The Hall–Kier alpha value is 0.120. The molecule has 104 valence electrons. The van der Waals surface area contributed by atoms with Gasteiger partial charge in [-0.05, 0) is 39.3 Å². The molecule has 1 aliphatic heterocycles. The molecule has 2 N–H and O–H groups in total. The minimum atomic E-state index is -3.34. The largest absolute Gasteiger partial charge is 0.316 e. The van der Waals surface area contributed by atoms with Gasteiger partial charge in [-0.3, -0.25) is 0 Å². The Labute approximate surface area is 111 Å². The Balaban J connectivity index is 0.00000256. The van der Waals surface area contributed by atoms with Crippen LogP contribution < -0.4 is 10.0 Å². The van der Waals surface area contributed by atoms with E-state index >= 15 is 0 Å². The summed E-state index contributed by atoms with van der Waals surface area (Å²) in [6, 6.07) is 0.0296. The summed E-state index contributed by atoms with van der Waals surface area (Å²) in [6.07, 6.45) is 0.854. The summed E-state index contributed by atoms with van der Waals surface area (Å²) < 4.78 is 28.1. The van der Waals surface area contributed by atoms with Crippen molar-refractivity contribution in [2.45, 2.75) is 39.3 Å². The van der Waals surface area contributed by atoms with E-state index in [0.717, 1.165) is 19.5 Å². The predicted molar refractivity (Wildman–Crippen MR) is 72.6 cm³/mol. The second kappa shape index (κ2) is 6.89. The zero-order valence-corrected chi connectivity index (χ0v) is 12.6. The molecule has 5 nitrogen and oxygen atoms in total. The summed E-state index contributed by atoms with van der Waals surface area (Å²) in [7, 11) is -1.73. The van der Waals surface area contributed by atoms with E-state index in [2.05, 4.69) is 17.0 Å². The van der Waals surface area contributed by atoms with Crippen LogP contribution in [0, 0.1) is 5.92 Å². The average Bonchev–Trinajstić information content (AvgIpc) is 2.20. The lowest BCUT2D eigenvalue weighted by Gasteiger charge is -2.32. The van der Waals surface area contributed by atoms with Gasteiger partial charge < -0.3 is 5.32 Å². The van der Waals surface area contributed by atoms with Gasteiger partial charge in [0.2, 0.25) is 0 Å². The van der Waals surface area contributed by atoms with E-state index in [-0.39, 0.29) is 24.5 Å². The maximum absolute atomic E-state index is 12.0. The zero-order valence-electron chi connectivity index (χ0n) is 10.9. The van der Waals surface area contributed by atoms with Gasteiger partial charge in [-0.2, -0.15) is 17.4 Å². The maximum Gasteiger partial charge on any atom is 0.279 e. The van der Waals surface area contributed by atoms with Crippen LogP contribution in [0.1, 0.15) is 27.2 Å². The molecule has 0 aromatic rings. The minimum Gasteiger partial charge on any atom is -0.316 e. The van der Waals surface area contributed by atoms with Crippen LogP contribution in [0.2, 0.25) is 0 Å². The first-order valence-electron chi connectivity index (χ1n) is 5.80. The molecule has 1 rings (SSSR count). The van der Waals surface area contributed by atoms with Crippen LogP contribution in [0.15, 0.2) is 0 Å². The molecule has 17 heavy (non-hydrogen) atoms. The summed E-state index contributed by atoms with van der Waals surface area (Å²) in [6.45, 7) is 7.55. The van der Waals surface area contributed by atoms with E-state index in [1.807, 2.05) is 13.8 Å². The summed E-state index contributed by atoms with van der Waals surface area (Å²) >= 11 is 0. The summed E-state index contributed by atoms with van der Waals surface area (Å²) in [5, 5.41) is 3.25. The first-order valence-corrected chi connectivity index (χ1v) is 7.24. The Morgan fingerprint density at radius 2 is 2.00 bits per heavy atom. The van der Waals surface area contributed by atoms with E-state index in [1.54, 1.807) is 7.05 Å². The van der Waals surface area contributed by atoms with Crippen LogP contribution >= 0.6 is 12.4 Å². The molecule has 0 spiro atoms. The highest BCUT2D eigenvalue weighted by atomic mass is 35.5. The van der Waals surface area contributed by atoms with Gasteiger partial charge in [0.1, 0.15) is 0 Å². The maximum atomic E-state index is 12.0. The Bertz CT molecular complexity index is 322. The smallest absolute Gasteiger partial charge is 0.279 e. The van der Waals surface area contributed by atoms with Gasteiger partial charge in [-0.25, -0.2) is 0 Å². The highest BCUT2D eigenvalue weighted by Gasteiger charge is 2.28. The van der Waals surface area contributed by atoms with E-state index in [9.17, 15) is 8.42 Å². The van der Waals surface area contributed by atoms with Gasteiger partial charge in [0.15, 0.2) is 0 Å². The van der Waals surface area contributed by atoms with E-state index in [1.165, 1.54) is 4.31 Å². The molecule has 1 saturated heterocycles. The van der Waals surface area contributed by atoms with Crippen molar-refractivity contribution in [2.24, 2.45) is 5.92 Å². The molecular formula is C10H24ClN3O2S. The van der Waals surface area contributed by atoms with E-state index in [4.69, 9.17) is 0 Å². The number of hydrogen-bond donors (Lipinski definition) is 2. The predicted octanol–water partition coefficient (Wildman–Crippen LogP) is 0.581. The fraction of sp³-hybridized carbons (Fsp3) is 1.00. The molecule has 0 amide bonds. The van der Waals surface area contributed by atoms with Crippen molar-refractivity contribution in [3.05, 3.63) is 0 Å². The first kappa shape index (κ1) is 17.1. The quantitative estimate of drug-likeness (QED) is 0.794. The SMILES string of the molecule is CC1CNCCC1NS(=O)(=O)N(C)C(C)C.Cl. The van der Waals surface area contributed by atoms with Crippen LogP contribution in [0.4, 0.5) is 0 Å². The van der Waals surface area contributed by atoms with Gasteiger partial charge in [0, 0.05) is 19.1 Å². The lowest BCUT2D eigenvalue weighted by atomic mass is 9.97. The summed E-state index contributed by atoms with van der Waals surface area (Å²) in [4.78, 5) is 0. The molecule has 0 aliphatic carbocycles. The fourth-order valence-corrected chi connectivity index (χ4v) is 3.20. The number of nitrogens with one attached hydrogen (secondary N) is 2. The molecule has 1 aliphatic rings. The van der Waals surface area contributed by atoms with Gasteiger partial charge in [-0.1, -0.05) is 6.92 Å². The normalized spacial score (nSPS) is 26.0. The van der Waals surface area contributed by atoms with Crippen LogP contribution in [0.25, 0.3) is 0 Å². The highest BCUT2D eigenvalue weighted by molar-refractivity contribution is 7.87. The number of nitrogens with zero attached hydrogens (tertiary/aromatic N) is 1. The number of rotatable bonds is 4. The molecule has 1 heterocycles. The molecule has 0 aromatic carbocycles. The molecule has 0 bridgehead atoms. The van der Waals surface area contributed by atoms with E-state index < -0.39 is 10.2 Å². The van der Waals surface area contributed by atoms with Gasteiger partial charge in [0.05, 0.1) is 0 Å². The Morgan fingerprint density at radius 3 is 2.47 bits per heavy atom. The summed E-state index contributed by atoms with van der Waals surface area (Å²) in [5.41, 5.74) is 0. The minimum absolute atomic E-state index is 0. The standard InChI is InChI=1S/C10H23N3O2S.ClH/c1-8(2)13(4)16(14,15)12-10-5-6-11-7-9(10)3;/h8-12H,5-7H2,1-4H3;1H. The molecule has 2 atom stereocenters.